The number of carbonyl (C=O) groups is 2. The average Bonchev–Trinajstić information content (AvgIpc) is 3.19. The number of ketones is 1. The number of hydrogen-bond acceptors (Lipinski definition) is 7. The van der Waals surface area contributed by atoms with Gasteiger partial charge in [-0.05, 0) is 36.1 Å². The Balaban J connectivity index is 1.60. The van der Waals surface area contributed by atoms with Gasteiger partial charge in [-0.25, -0.2) is 0 Å². The minimum atomic E-state index is -0.842. The molecule has 1 amide bonds. The number of carbonyl (C=O) groups excluding carboxylic acids is 2. The highest BCUT2D eigenvalue weighted by atomic mass is 16.5. The van der Waals surface area contributed by atoms with Crippen molar-refractivity contribution in [2.75, 3.05) is 36.1 Å². The number of nitrogens with zero attached hydrogens (tertiary/aromatic N) is 4. The molecule has 2 aliphatic heterocycles. The van der Waals surface area contributed by atoms with Crippen molar-refractivity contribution in [3.8, 4) is 0 Å². The summed E-state index contributed by atoms with van der Waals surface area (Å²) in [4.78, 5) is 30.2. The largest absolute Gasteiger partial charge is 0.507 e. The van der Waals surface area contributed by atoms with Crippen LogP contribution >= 0.6 is 0 Å². The zero-order chi connectivity index (χ0) is 26.1. The van der Waals surface area contributed by atoms with E-state index in [1.54, 1.807) is 24.3 Å². The SMILES string of the molecule is Cc1ccc(C(O)=C2C(=O)C(=O)N(c3ccc(N4CCOCC4)nn3)C2c2ccc(C(C)C)cc2)cc1. The molecule has 0 bridgehead atoms. The van der Waals surface area contributed by atoms with E-state index in [-0.39, 0.29) is 17.2 Å². The first-order valence-corrected chi connectivity index (χ1v) is 12.5. The molecule has 3 aromatic rings. The summed E-state index contributed by atoms with van der Waals surface area (Å²) in [6.45, 7) is 8.79. The number of aliphatic hydroxyl groups excluding tert-OH is 1. The Hall–Kier alpha value is -4.04. The van der Waals surface area contributed by atoms with Gasteiger partial charge in [-0.1, -0.05) is 67.9 Å². The standard InChI is InChI=1S/C29H30N4O4/c1-18(2)20-8-10-21(11-9-20)26-25(27(34)22-6-4-19(3)5-7-22)28(35)29(36)33(26)24-13-12-23(30-31-24)32-14-16-37-17-15-32/h4-13,18,26,34H,14-17H2,1-3H3. The van der Waals surface area contributed by atoms with E-state index in [1.165, 1.54) is 4.90 Å². The summed E-state index contributed by atoms with van der Waals surface area (Å²) in [6.07, 6.45) is 0. The normalized spacial score (nSPS) is 19.6. The van der Waals surface area contributed by atoms with Crippen molar-refractivity contribution < 1.29 is 19.4 Å². The summed E-state index contributed by atoms with van der Waals surface area (Å²) in [5, 5.41) is 20.0. The lowest BCUT2D eigenvalue weighted by atomic mass is 9.93. The first-order valence-electron chi connectivity index (χ1n) is 12.5. The number of morpholine rings is 1. The van der Waals surface area contributed by atoms with Gasteiger partial charge in [0.25, 0.3) is 5.78 Å². The molecule has 2 aliphatic rings. The molecule has 0 aliphatic carbocycles. The molecular weight excluding hydrogens is 468 g/mol. The second-order valence-corrected chi connectivity index (χ2v) is 9.71. The average molecular weight is 499 g/mol. The Bertz CT molecular complexity index is 1330. The minimum Gasteiger partial charge on any atom is -0.507 e. The highest BCUT2D eigenvalue weighted by Gasteiger charge is 2.47. The third kappa shape index (κ3) is 4.72. The Morgan fingerprint density at radius 3 is 2.14 bits per heavy atom. The molecule has 2 fully saturated rings. The zero-order valence-electron chi connectivity index (χ0n) is 21.2. The fraction of sp³-hybridized carbons (Fsp3) is 0.310. The summed E-state index contributed by atoms with van der Waals surface area (Å²) < 4.78 is 5.41. The van der Waals surface area contributed by atoms with Gasteiger partial charge in [0.15, 0.2) is 11.6 Å². The topological polar surface area (TPSA) is 95.9 Å². The van der Waals surface area contributed by atoms with Crippen molar-refractivity contribution in [3.63, 3.8) is 0 Å². The molecule has 1 atom stereocenters. The number of benzene rings is 2. The van der Waals surface area contributed by atoms with Gasteiger partial charge in [-0.3, -0.25) is 14.5 Å². The van der Waals surface area contributed by atoms with E-state index in [0.29, 0.717) is 49.2 Å². The van der Waals surface area contributed by atoms with Crippen LogP contribution in [0.25, 0.3) is 5.76 Å². The highest BCUT2D eigenvalue weighted by molar-refractivity contribution is 6.51. The molecule has 8 heteroatoms. The maximum Gasteiger partial charge on any atom is 0.301 e. The lowest BCUT2D eigenvalue weighted by Crippen LogP contribution is -2.37. The second-order valence-electron chi connectivity index (χ2n) is 9.71. The molecule has 5 rings (SSSR count). The summed E-state index contributed by atoms with van der Waals surface area (Å²) in [5.74, 6) is -0.459. The van der Waals surface area contributed by atoms with Gasteiger partial charge < -0.3 is 14.7 Å². The van der Waals surface area contributed by atoms with E-state index in [9.17, 15) is 14.7 Å². The van der Waals surface area contributed by atoms with Crippen LogP contribution in [0.1, 0.15) is 48.1 Å². The van der Waals surface area contributed by atoms with Crippen LogP contribution < -0.4 is 9.80 Å². The number of amides is 1. The fourth-order valence-corrected chi connectivity index (χ4v) is 4.72. The quantitative estimate of drug-likeness (QED) is 0.317. The molecule has 0 saturated carbocycles. The van der Waals surface area contributed by atoms with Crippen molar-refractivity contribution in [2.45, 2.75) is 32.7 Å². The van der Waals surface area contributed by atoms with E-state index in [4.69, 9.17) is 4.74 Å². The van der Waals surface area contributed by atoms with Crippen LogP contribution in [-0.4, -0.2) is 53.3 Å². The van der Waals surface area contributed by atoms with E-state index in [1.807, 2.05) is 43.3 Å². The van der Waals surface area contributed by atoms with Gasteiger partial charge in [0.1, 0.15) is 5.76 Å². The van der Waals surface area contributed by atoms with Gasteiger partial charge in [0, 0.05) is 18.7 Å². The van der Waals surface area contributed by atoms with Gasteiger partial charge in [-0.15, -0.1) is 10.2 Å². The molecule has 0 spiro atoms. The van der Waals surface area contributed by atoms with Gasteiger partial charge >= 0.3 is 5.91 Å². The molecule has 1 aromatic heterocycles. The van der Waals surface area contributed by atoms with Crippen LogP contribution in [0.4, 0.5) is 11.6 Å². The summed E-state index contributed by atoms with van der Waals surface area (Å²) >= 11 is 0. The van der Waals surface area contributed by atoms with Crippen molar-refractivity contribution in [2.24, 2.45) is 0 Å². The summed E-state index contributed by atoms with van der Waals surface area (Å²) in [6, 6.07) is 17.6. The fourth-order valence-electron chi connectivity index (χ4n) is 4.72. The number of Topliss-reactive ketones (excluding diaryl/α,β-unsaturated/α-hetero) is 1. The lowest BCUT2D eigenvalue weighted by molar-refractivity contribution is -0.132. The number of aryl methyl sites for hydroxylation is 1. The Labute approximate surface area is 216 Å². The molecule has 2 saturated heterocycles. The lowest BCUT2D eigenvalue weighted by Gasteiger charge is -2.28. The third-order valence-corrected chi connectivity index (χ3v) is 6.91. The third-order valence-electron chi connectivity index (χ3n) is 6.91. The Morgan fingerprint density at radius 1 is 0.919 bits per heavy atom. The van der Waals surface area contributed by atoms with E-state index in [2.05, 4.69) is 28.9 Å². The number of rotatable bonds is 5. The van der Waals surface area contributed by atoms with Crippen molar-refractivity contribution in [1.82, 2.24) is 10.2 Å². The van der Waals surface area contributed by atoms with Gasteiger partial charge in [0.2, 0.25) is 0 Å². The zero-order valence-corrected chi connectivity index (χ0v) is 21.2. The Kier molecular flexibility index (Phi) is 6.76. The minimum absolute atomic E-state index is 0.0326. The van der Waals surface area contributed by atoms with Crippen molar-refractivity contribution >= 4 is 29.1 Å². The van der Waals surface area contributed by atoms with Crippen LogP contribution in [0.3, 0.4) is 0 Å². The molecule has 0 radical (unpaired) electrons. The van der Waals surface area contributed by atoms with Crippen LogP contribution in [0.15, 0.2) is 66.2 Å². The van der Waals surface area contributed by atoms with E-state index >= 15 is 0 Å². The maximum atomic E-state index is 13.4. The molecular formula is C29H30N4O4. The molecule has 1 unspecified atom stereocenters. The maximum absolute atomic E-state index is 13.4. The first kappa shape index (κ1) is 24.6. The molecule has 8 nitrogen and oxygen atoms in total. The Morgan fingerprint density at radius 2 is 1.54 bits per heavy atom. The molecule has 37 heavy (non-hydrogen) atoms. The summed E-state index contributed by atoms with van der Waals surface area (Å²) in [5.41, 5.74) is 3.37. The van der Waals surface area contributed by atoms with Crippen molar-refractivity contribution in [3.05, 3.63) is 88.5 Å². The van der Waals surface area contributed by atoms with Crippen LogP contribution in [0.2, 0.25) is 0 Å². The van der Waals surface area contributed by atoms with Crippen LogP contribution in [0.5, 0.6) is 0 Å². The molecule has 1 N–H and O–H groups in total. The number of aromatic nitrogens is 2. The highest BCUT2D eigenvalue weighted by Crippen LogP contribution is 2.42. The second kappa shape index (κ2) is 10.1. The van der Waals surface area contributed by atoms with E-state index < -0.39 is 17.7 Å². The first-order chi connectivity index (χ1) is 17.8. The van der Waals surface area contributed by atoms with E-state index in [0.717, 1.165) is 11.1 Å². The molecule has 190 valence electrons. The number of anilines is 2. The number of ether oxygens (including phenoxy) is 1. The van der Waals surface area contributed by atoms with Gasteiger partial charge in [0.05, 0.1) is 24.8 Å². The number of aliphatic hydroxyl groups is 1. The van der Waals surface area contributed by atoms with Crippen molar-refractivity contribution in [1.29, 1.82) is 0 Å². The van der Waals surface area contributed by atoms with Crippen LogP contribution in [-0.2, 0) is 14.3 Å². The molecule has 2 aromatic carbocycles. The van der Waals surface area contributed by atoms with Crippen LogP contribution in [0, 0.1) is 6.92 Å². The molecule has 3 heterocycles. The van der Waals surface area contributed by atoms with Gasteiger partial charge in [-0.2, -0.15) is 0 Å². The monoisotopic (exact) mass is 498 g/mol. The number of hydrogen-bond donors (Lipinski definition) is 1. The summed E-state index contributed by atoms with van der Waals surface area (Å²) in [7, 11) is 0. The predicted octanol–water partition coefficient (Wildman–Crippen LogP) is 4.37. The smallest absolute Gasteiger partial charge is 0.301 e. The predicted molar refractivity (Wildman–Crippen MR) is 142 cm³/mol.